The van der Waals surface area contributed by atoms with Crippen molar-refractivity contribution < 1.29 is 0 Å². The highest BCUT2D eigenvalue weighted by atomic mass is 15.3. The lowest BCUT2D eigenvalue weighted by atomic mass is 10.1. The molecule has 2 aromatic rings. The number of nitrogens with zero attached hydrogens (tertiary/aromatic N) is 2. The van der Waals surface area contributed by atoms with E-state index in [1.165, 1.54) is 5.56 Å². The molecule has 0 radical (unpaired) electrons. The van der Waals surface area contributed by atoms with E-state index in [1.54, 1.807) is 0 Å². The van der Waals surface area contributed by atoms with Crippen LogP contribution in [0.1, 0.15) is 13.8 Å². The summed E-state index contributed by atoms with van der Waals surface area (Å²) in [4.78, 5) is 0. The molecule has 0 saturated heterocycles. The number of aromatic nitrogens is 2. The molecular formula is C16H21N3. The van der Waals surface area contributed by atoms with Gasteiger partial charge in [-0.2, -0.15) is 5.10 Å². The third kappa shape index (κ3) is 4.07. The molecule has 0 unspecified atom stereocenters. The smallest absolute Gasteiger partial charge is 0.0629 e. The van der Waals surface area contributed by atoms with Crippen LogP contribution in [0.25, 0.3) is 11.1 Å². The third-order valence-electron chi connectivity index (χ3n) is 2.89. The van der Waals surface area contributed by atoms with Gasteiger partial charge in [0.2, 0.25) is 0 Å². The molecule has 0 saturated carbocycles. The van der Waals surface area contributed by atoms with Crippen molar-refractivity contribution in [1.29, 1.82) is 0 Å². The lowest BCUT2D eigenvalue weighted by Gasteiger charge is -2.10. The van der Waals surface area contributed by atoms with E-state index in [9.17, 15) is 0 Å². The average molecular weight is 255 g/mol. The van der Waals surface area contributed by atoms with Crippen molar-refractivity contribution in [1.82, 2.24) is 15.1 Å². The molecule has 0 atom stereocenters. The Kier molecular flexibility index (Phi) is 4.53. The van der Waals surface area contributed by atoms with Crippen molar-refractivity contribution in [2.75, 3.05) is 6.54 Å². The molecule has 1 N–H and O–H groups in total. The van der Waals surface area contributed by atoms with E-state index in [0.29, 0.717) is 6.04 Å². The van der Waals surface area contributed by atoms with Gasteiger partial charge in [-0.3, -0.25) is 4.68 Å². The van der Waals surface area contributed by atoms with Crippen LogP contribution in [0, 0.1) is 0 Å². The fraction of sp³-hybridized carbons (Fsp3) is 0.312. The van der Waals surface area contributed by atoms with Crippen LogP contribution in [-0.4, -0.2) is 22.4 Å². The van der Waals surface area contributed by atoms with Gasteiger partial charge in [0, 0.05) is 24.3 Å². The first-order valence-electron chi connectivity index (χ1n) is 6.63. The summed E-state index contributed by atoms with van der Waals surface area (Å²) >= 11 is 0. The van der Waals surface area contributed by atoms with Gasteiger partial charge in [-0.05, 0) is 11.1 Å². The van der Waals surface area contributed by atoms with Crippen LogP contribution in [0.4, 0.5) is 0 Å². The fourth-order valence-corrected chi connectivity index (χ4v) is 1.86. The van der Waals surface area contributed by atoms with Crippen molar-refractivity contribution in [3.63, 3.8) is 0 Å². The summed E-state index contributed by atoms with van der Waals surface area (Å²) in [6.07, 6.45) is 3.97. The summed E-state index contributed by atoms with van der Waals surface area (Å²) in [5.41, 5.74) is 3.47. The van der Waals surface area contributed by atoms with Crippen LogP contribution in [0.3, 0.4) is 0 Å². The number of benzene rings is 1. The molecule has 19 heavy (non-hydrogen) atoms. The summed E-state index contributed by atoms with van der Waals surface area (Å²) in [7, 11) is 0. The minimum atomic E-state index is 0.481. The Morgan fingerprint density at radius 1 is 1.26 bits per heavy atom. The molecule has 0 fully saturated rings. The van der Waals surface area contributed by atoms with E-state index in [-0.39, 0.29) is 0 Å². The Hall–Kier alpha value is -1.87. The van der Waals surface area contributed by atoms with Gasteiger partial charge >= 0.3 is 0 Å². The number of hydrogen-bond acceptors (Lipinski definition) is 2. The molecule has 0 spiro atoms. The fourth-order valence-electron chi connectivity index (χ4n) is 1.86. The molecule has 0 aliphatic carbocycles. The van der Waals surface area contributed by atoms with E-state index in [0.717, 1.165) is 24.2 Å². The molecule has 3 nitrogen and oxygen atoms in total. The van der Waals surface area contributed by atoms with Crippen LogP contribution in [0.15, 0.2) is 54.9 Å². The highest BCUT2D eigenvalue weighted by Crippen LogP contribution is 2.17. The lowest BCUT2D eigenvalue weighted by Crippen LogP contribution is -2.25. The van der Waals surface area contributed by atoms with Crippen molar-refractivity contribution in [2.45, 2.75) is 26.4 Å². The van der Waals surface area contributed by atoms with E-state index in [4.69, 9.17) is 0 Å². The molecule has 1 aromatic carbocycles. The maximum Gasteiger partial charge on any atom is 0.0629 e. The molecule has 2 rings (SSSR count). The van der Waals surface area contributed by atoms with Crippen LogP contribution in [0.5, 0.6) is 0 Å². The van der Waals surface area contributed by atoms with Crippen molar-refractivity contribution in [3.05, 3.63) is 54.9 Å². The first-order chi connectivity index (χ1) is 9.15. The molecule has 0 aliphatic heterocycles. The molecule has 0 amide bonds. The Labute approximate surface area is 115 Å². The molecule has 3 heteroatoms. The second kappa shape index (κ2) is 6.34. The molecule has 1 aromatic heterocycles. The minimum absolute atomic E-state index is 0.481. The molecule has 100 valence electrons. The number of nitrogens with one attached hydrogen (secondary N) is 1. The minimum Gasteiger partial charge on any atom is -0.311 e. The maximum atomic E-state index is 4.39. The number of rotatable bonds is 6. The zero-order valence-corrected chi connectivity index (χ0v) is 11.6. The van der Waals surface area contributed by atoms with Gasteiger partial charge in [0.25, 0.3) is 0 Å². The third-order valence-corrected chi connectivity index (χ3v) is 2.89. The van der Waals surface area contributed by atoms with E-state index >= 15 is 0 Å². The molecule has 0 bridgehead atoms. The van der Waals surface area contributed by atoms with E-state index in [2.05, 4.69) is 49.2 Å². The SMILES string of the molecule is C=C(CNC(C)C)Cn1cc(-c2ccccc2)cn1. The summed E-state index contributed by atoms with van der Waals surface area (Å²) < 4.78 is 1.94. The molecule has 0 aliphatic rings. The zero-order chi connectivity index (χ0) is 13.7. The first-order valence-corrected chi connectivity index (χ1v) is 6.63. The summed E-state index contributed by atoms with van der Waals surface area (Å²) in [6, 6.07) is 10.8. The highest BCUT2D eigenvalue weighted by molar-refractivity contribution is 5.61. The molecular weight excluding hydrogens is 234 g/mol. The van der Waals surface area contributed by atoms with Crippen molar-refractivity contribution in [2.24, 2.45) is 0 Å². The number of hydrogen-bond donors (Lipinski definition) is 1. The van der Waals surface area contributed by atoms with Gasteiger partial charge in [0.15, 0.2) is 0 Å². The van der Waals surface area contributed by atoms with E-state index < -0.39 is 0 Å². The van der Waals surface area contributed by atoms with Crippen LogP contribution >= 0.6 is 0 Å². The monoisotopic (exact) mass is 255 g/mol. The zero-order valence-electron chi connectivity index (χ0n) is 11.6. The predicted molar refractivity (Wildman–Crippen MR) is 79.9 cm³/mol. The quantitative estimate of drug-likeness (QED) is 0.804. The second-order valence-corrected chi connectivity index (χ2v) is 5.08. The van der Waals surface area contributed by atoms with Gasteiger partial charge in [0.05, 0.1) is 12.7 Å². The Morgan fingerprint density at radius 3 is 2.68 bits per heavy atom. The van der Waals surface area contributed by atoms with Crippen molar-refractivity contribution in [3.8, 4) is 11.1 Å². The maximum absolute atomic E-state index is 4.39. The largest absolute Gasteiger partial charge is 0.311 e. The van der Waals surface area contributed by atoms with Crippen LogP contribution < -0.4 is 5.32 Å². The van der Waals surface area contributed by atoms with Gasteiger partial charge < -0.3 is 5.32 Å². The van der Waals surface area contributed by atoms with Crippen LogP contribution in [0.2, 0.25) is 0 Å². The Balaban J connectivity index is 1.96. The van der Waals surface area contributed by atoms with Gasteiger partial charge in [-0.25, -0.2) is 0 Å². The summed E-state index contributed by atoms with van der Waals surface area (Å²) in [5.74, 6) is 0. The topological polar surface area (TPSA) is 29.9 Å². The van der Waals surface area contributed by atoms with E-state index in [1.807, 2.05) is 29.1 Å². The normalized spacial score (nSPS) is 10.9. The highest BCUT2D eigenvalue weighted by Gasteiger charge is 2.03. The standard InChI is InChI=1S/C16H21N3/c1-13(2)17-9-14(3)11-19-12-16(10-18-19)15-7-5-4-6-8-15/h4-8,10,12-13,17H,3,9,11H2,1-2H3. The van der Waals surface area contributed by atoms with Gasteiger partial charge in [-0.15, -0.1) is 0 Å². The van der Waals surface area contributed by atoms with Crippen molar-refractivity contribution >= 4 is 0 Å². The van der Waals surface area contributed by atoms with Gasteiger partial charge in [-0.1, -0.05) is 50.8 Å². The summed E-state index contributed by atoms with van der Waals surface area (Å²) in [5, 5.41) is 7.75. The average Bonchev–Trinajstić information content (AvgIpc) is 2.86. The lowest BCUT2D eigenvalue weighted by molar-refractivity contribution is 0.588. The first kappa shape index (κ1) is 13.6. The Morgan fingerprint density at radius 2 is 2.00 bits per heavy atom. The Bertz CT molecular complexity index is 526. The predicted octanol–water partition coefficient (Wildman–Crippen LogP) is 3.10. The van der Waals surface area contributed by atoms with Crippen LogP contribution in [-0.2, 0) is 6.54 Å². The summed E-state index contributed by atoms with van der Waals surface area (Å²) in [6.45, 7) is 9.94. The molecule has 1 heterocycles. The van der Waals surface area contributed by atoms with Gasteiger partial charge in [0.1, 0.15) is 0 Å². The second-order valence-electron chi connectivity index (χ2n) is 5.08.